The number of benzene rings is 2. The third-order valence-electron chi connectivity index (χ3n) is 3.78. The van der Waals surface area contributed by atoms with Crippen LogP contribution >= 0.6 is 15.9 Å². The average Bonchev–Trinajstić information content (AvgIpc) is 2.51. The van der Waals surface area contributed by atoms with Crippen molar-refractivity contribution >= 4 is 21.6 Å². The lowest BCUT2D eigenvalue weighted by molar-refractivity contribution is 0.457. The molecule has 3 N–H and O–H groups in total. The van der Waals surface area contributed by atoms with Gasteiger partial charge in [0.15, 0.2) is 0 Å². The van der Waals surface area contributed by atoms with E-state index in [0.717, 1.165) is 18.5 Å². The van der Waals surface area contributed by atoms with E-state index in [4.69, 9.17) is 5.73 Å². The Morgan fingerprint density at radius 3 is 2.48 bits per heavy atom. The Morgan fingerprint density at radius 1 is 1.19 bits per heavy atom. The lowest BCUT2D eigenvalue weighted by Crippen LogP contribution is -2.47. The quantitative estimate of drug-likeness (QED) is 0.812. The standard InChI is InChI=1S/C17H20BrFN2/c1-2-17(12-20,11-13-6-4-3-5-7-13)21-14-8-9-16(19)15(18)10-14/h3-10,21H,2,11-12,20H2,1H3. The van der Waals surface area contributed by atoms with Crippen molar-refractivity contribution in [3.63, 3.8) is 0 Å². The second kappa shape index (κ2) is 7.05. The Hall–Kier alpha value is -1.39. The lowest BCUT2D eigenvalue weighted by atomic mass is 9.88. The molecule has 0 saturated carbocycles. The molecule has 0 fully saturated rings. The van der Waals surface area contributed by atoms with Gasteiger partial charge in [0, 0.05) is 12.2 Å². The fourth-order valence-electron chi connectivity index (χ4n) is 2.39. The van der Waals surface area contributed by atoms with Crippen molar-refractivity contribution in [2.75, 3.05) is 11.9 Å². The summed E-state index contributed by atoms with van der Waals surface area (Å²) in [6, 6.07) is 15.2. The second-order valence-electron chi connectivity index (χ2n) is 5.25. The minimum Gasteiger partial charge on any atom is -0.378 e. The molecule has 0 heterocycles. The summed E-state index contributed by atoms with van der Waals surface area (Å²) in [6.45, 7) is 2.62. The van der Waals surface area contributed by atoms with Crippen molar-refractivity contribution in [1.29, 1.82) is 0 Å². The molecule has 21 heavy (non-hydrogen) atoms. The predicted octanol–water partition coefficient (Wildman–Crippen LogP) is 4.35. The first-order valence-corrected chi connectivity index (χ1v) is 7.85. The van der Waals surface area contributed by atoms with Crippen molar-refractivity contribution in [3.05, 3.63) is 64.4 Å². The van der Waals surface area contributed by atoms with Crippen LogP contribution in [0.1, 0.15) is 18.9 Å². The Kier molecular flexibility index (Phi) is 5.37. The SMILES string of the molecule is CCC(CN)(Cc1ccccc1)Nc1ccc(F)c(Br)c1. The highest BCUT2D eigenvalue weighted by Crippen LogP contribution is 2.26. The molecule has 0 radical (unpaired) electrons. The molecule has 0 aliphatic rings. The Morgan fingerprint density at radius 2 is 1.90 bits per heavy atom. The number of rotatable bonds is 6. The maximum absolute atomic E-state index is 13.3. The van der Waals surface area contributed by atoms with Crippen molar-refractivity contribution < 1.29 is 4.39 Å². The third kappa shape index (κ3) is 4.05. The molecule has 0 aliphatic heterocycles. The Balaban J connectivity index is 2.23. The van der Waals surface area contributed by atoms with Gasteiger partial charge in [0.05, 0.1) is 10.0 Å². The minimum absolute atomic E-state index is 0.237. The molecule has 4 heteroatoms. The summed E-state index contributed by atoms with van der Waals surface area (Å²) < 4.78 is 13.8. The van der Waals surface area contributed by atoms with Crippen LogP contribution in [0, 0.1) is 5.82 Å². The third-order valence-corrected chi connectivity index (χ3v) is 4.39. The van der Waals surface area contributed by atoms with E-state index in [1.807, 2.05) is 18.2 Å². The van der Waals surface area contributed by atoms with Gasteiger partial charge >= 0.3 is 0 Å². The van der Waals surface area contributed by atoms with Crippen LogP contribution in [-0.4, -0.2) is 12.1 Å². The molecule has 0 aliphatic carbocycles. The smallest absolute Gasteiger partial charge is 0.137 e. The summed E-state index contributed by atoms with van der Waals surface area (Å²) in [5.74, 6) is -0.265. The summed E-state index contributed by atoms with van der Waals surface area (Å²) in [5.41, 5.74) is 7.90. The maximum atomic E-state index is 13.3. The molecule has 1 atom stereocenters. The van der Waals surface area contributed by atoms with Gasteiger partial charge in [-0.2, -0.15) is 0 Å². The first-order chi connectivity index (χ1) is 10.1. The molecule has 0 spiro atoms. The van der Waals surface area contributed by atoms with Crippen LogP contribution in [0.15, 0.2) is 53.0 Å². The molecule has 0 aromatic heterocycles. The zero-order chi connectivity index (χ0) is 15.3. The van der Waals surface area contributed by atoms with Crippen LogP contribution in [-0.2, 0) is 6.42 Å². The van der Waals surface area contributed by atoms with E-state index in [1.54, 1.807) is 12.1 Å². The summed E-state index contributed by atoms with van der Waals surface area (Å²) in [5, 5.41) is 3.49. The maximum Gasteiger partial charge on any atom is 0.137 e. The normalized spacial score (nSPS) is 13.7. The highest BCUT2D eigenvalue weighted by atomic mass is 79.9. The zero-order valence-electron chi connectivity index (χ0n) is 12.1. The van der Waals surface area contributed by atoms with Crippen LogP contribution in [0.4, 0.5) is 10.1 Å². The highest BCUT2D eigenvalue weighted by Gasteiger charge is 2.26. The van der Waals surface area contributed by atoms with E-state index >= 15 is 0 Å². The van der Waals surface area contributed by atoms with Crippen molar-refractivity contribution in [2.45, 2.75) is 25.3 Å². The van der Waals surface area contributed by atoms with Crippen molar-refractivity contribution in [1.82, 2.24) is 0 Å². The van der Waals surface area contributed by atoms with E-state index < -0.39 is 0 Å². The van der Waals surface area contributed by atoms with Gasteiger partial charge in [-0.15, -0.1) is 0 Å². The molecule has 1 unspecified atom stereocenters. The molecule has 2 nitrogen and oxygen atoms in total. The Bertz CT molecular complexity index is 583. The fourth-order valence-corrected chi connectivity index (χ4v) is 2.77. The van der Waals surface area contributed by atoms with Crippen molar-refractivity contribution in [3.8, 4) is 0 Å². The van der Waals surface area contributed by atoms with Gasteiger partial charge in [-0.3, -0.25) is 0 Å². The summed E-state index contributed by atoms with van der Waals surface area (Å²) in [7, 11) is 0. The molecule has 112 valence electrons. The molecule has 2 rings (SSSR count). The van der Waals surface area contributed by atoms with Crippen molar-refractivity contribution in [2.24, 2.45) is 5.73 Å². The summed E-state index contributed by atoms with van der Waals surface area (Å²) in [6.07, 6.45) is 1.71. The van der Waals surface area contributed by atoms with E-state index in [1.165, 1.54) is 11.6 Å². The minimum atomic E-state index is -0.265. The summed E-state index contributed by atoms with van der Waals surface area (Å²) >= 11 is 3.22. The molecular formula is C17H20BrFN2. The van der Waals surface area contributed by atoms with E-state index in [-0.39, 0.29) is 11.4 Å². The van der Waals surface area contributed by atoms with Gasteiger partial charge in [0.2, 0.25) is 0 Å². The monoisotopic (exact) mass is 350 g/mol. The zero-order valence-corrected chi connectivity index (χ0v) is 13.7. The predicted molar refractivity (Wildman–Crippen MR) is 89.9 cm³/mol. The van der Waals surface area contributed by atoms with Gasteiger partial charge in [-0.1, -0.05) is 37.3 Å². The number of hydrogen-bond donors (Lipinski definition) is 2. The second-order valence-corrected chi connectivity index (χ2v) is 6.11. The van der Waals surface area contributed by atoms with E-state index in [2.05, 4.69) is 40.3 Å². The van der Waals surface area contributed by atoms with Gasteiger partial charge in [0.25, 0.3) is 0 Å². The molecule has 2 aromatic rings. The van der Waals surface area contributed by atoms with Gasteiger partial charge < -0.3 is 11.1 Å². The molecule has 0 amide bonds. The van der Waals surface area contributed by atoms with Crippen LogP contribution in [0.2, 0.25) is 0 Å². The van der Waals surface area contributed by atoms with Crippen LogP contribution in [0.5, 0.6) is 0 Å². The average molecular weight is 351 g/mol. The molecule has 2 aromatic carbocycles. The van der Waals surface area contributed by atoms with Crippen LogP contribution in [0.3, 0.4) is 0 Å². The van der Waals surface area contributed by atoms with Crippen LogP contribution in [0.25, 0.3) is 0 Å². The highest BCUT2D eigenvalue weighted by molar-refractivity contribution is 9.10. The first-order valence-electron chi connectivity index (χ1n) is 7.06. The first kappa shape index (κ1) is 16.0. The number of hydrogen-bond acceptors (Lipinski definition) is 2. The van der Waals surface area contributed by atoms with Crippen LogP contribution < -0.4 is 11.1 Å². The molecule has 0 saturated heterocycles. The number of nitrogens with one attached hydrogen (secondary N) is 1. The topological polar surface area (TPSA) is 38.0 Å². The van der Waals surface area contributed by atoms with E-state index in [0.29, 0.717) is 11.0 Å². The number of halogens is 2. The number of anilines is 1. The number of nitrogens with two attached hydrogens (primary N) is 1. The molecule has 0 bridgehead atoms. The fraction of sp³-hybridized carbons (Fsp3) is 0.294. The lowest BCUT2D eigenvalue weighted by Gasteiger charge is -2.34. The van der Waals surface area contributed by atoms with Gasteiger partial charge in [-0.05, 0) is 52.5 Å². The van der Waals surface area contributed by atoms with Gasteiger partial charge in [-0.25, -0.2) is 4.39 Å². The molecular weight excluding hydrogens is 331 g/mol. The summed E-state index contributed by atoms with van der Waals surface area (Å²) in [4.78, 5) is 0. The largest absolute Gasteiger partial charge is 0.378 e. The van der Waals surface area contributed by atoms with Gasteiger partial charge in [0.1, 0.15) is 5.82 Å². The Labute approximate surface area is 133 Å². The van der Waals surface area contributed by atoms with E-state index in [9.17, 15) is 4.39 Å².